The third-order valence-electron chi connectivity index (χ3n) is 13.0. The smallest absolute Gasteiger partial charge is 0.429 e. The lowest BCUT2D eigenvalue weighted by Gasteiger charge is -2.57. The van der Waals surface area contributed by atoms with Crippen molar-refractivity contribution in [2.75, 3.05) is 0 Å². The number of carbonyl (C=O) groups excluding carboxylic acids is 2. The van der Waals surface area contributed by atoms with Crippen molar-refractivity contribution < 1.29 is 22.7 Å². The monoisotopic (exact) mass is 617 g/mol. The molecule has 236 valence electrons. The highest BCUT2D eigenvalue weighted by atomic mass is 32.2. The second-order valence-electron chi connectivity index (χ2n) is 15.2. The van der Waals surface area contributed by atoms with Crippen LogP contribution in [0.4, 0.5) is 4.79 Å². The minimum absolute atomic E-state index is 0.0682. The number of allylic oxidation sites excluding steroid dienone is 5. The number of Topliss-reactive ketones (excluding diaryl/α,β-unsaturated/α-hetero) is 1. The minimum Gasteiger partial charge on any atom is -0.435 e. The molecule has 6 nitrogen and oxygen atoms in total. The number of amides is 1. The SMILES string of the molecule is CC(=O)[C@H]1CC[C@H]2[C@@H]3CC=C4C=C(/C=C5/N(S(=O)(=O)c6ccc(C)cc6)C(=O)OC56CCCCC6)CC[C@]4(C)[C@H]3CC[C@]12C. The van der Waals surface area contributed by atoms with Crippen LogP contribution in [0, 0.1) is 41.4 Å². The number of benzene rings is 1. The molecule has 1 heterocycles. The number of ketones is 1. The molecule has 5 aliphatic carbocycles. The van der Waals surface area contributed by atoms with E-state index in [1.807, 2.05) is 13.0 Å². The number of rotatable bonds is 4. The van der Waals surface area contributed by atoms with Crippen LogP contribution in [0.3, 0.4) is 0 Å². The van der Waals surface area contributed by atoms with E-state index in [0.717, 1.165) is 79.6 Å². The minimum atomic E-state index is -4.13. The maximum atomic E-state index is 14.0. The predicted molar refractivity (Wildman–Crippen MR) is 170 cm³/mol. The van der Waals surface area contributed by atoms with Crippen molar-refractivity contribution in [3.8, 4) is 0 Å². The standard InChI is InChI=1S/C37H47NO5S/c1-24-8-11-28(12-9-24)44(41,42)38-33(37(43-34(38)40)18-6-5-7-19-37)23-26-16-20-35(3)27(22-26)10-13-29-31-15-14-30(25(2)39)36(31,4)21-17-32(29)35/h8-12,22-23,29-32H,5-7,13-21H2,1-4H3/b33-23+/t29-,30+,31-,32-,35-,36+/m0/s1. The van der Waals surface area contributed by atoms with Crippen molar-refractivity contribution in [1.82, 2.24) is 4.31 Å². The van der Waals surface area contributed by atoms with Gasteiger partial charge >= 0.3 is 6.09 Å². The molecule has 6 atom stereocenters. The molecule has 6 aliphatic rings. The summed E-state index contributed by atoms with van der Waals surface area (Å²) in [5.41, 5.74) is 3.18. The van der Waals surface area contributed by atoms with Gasteiger partial charge in [0.1, 0.15) is 5.78 Å². The second-order valence-corrected chi connectivity index (χ2v) is 17.0. The van der Waals surface area contributed by atoms with Gasteiger partial charge in [-0.3, -0.25) is 4.79 Å². The van der Waals surface area contributed by atoms with Crippen LogP contribution in [-0.4, -0.2) is 30.2 Å². The van der Waals surface area contributed by atoms with Gasteiger partial charge in [-0.05, 0) is 142 Å². The fourth-order valence-electron chi connectivity index (χ4n) is 10.6. The zero-order valence-electron chi connectivity index (χ0n) is 26.7. The largest absolute Gasteiger partial charge is 0.435 e. The van der Waals surface area contributed by atoms with Gasteiger partial charge in [0.25, 0.3) is 10.0 Å². The second kappa shape index (κ2) is 10.4. The molecule has 0 unspecified atom stereocenters. The summed E-state index contributed by atoms with van der Waals surface area (Å²) >= 11 is 0. The molecular weight excluding hydrogens is 570 g/mol. The lowest BCUT2D eigenvalue weighted by molar-refractivity contribution is -0.127. The van der Waals surface area contributed by atoms with Crippen LogP contribution in [0.1, 0.15) is 103 Å². The van der Waals surface area contributed by atoms with E-state index in [9.17, 15) is 18.0 Å². The molecule has 3 saturated carbocycles. The lowest BCUT2D eigenvalue weighted by atomic mass is 9.47. The predicted octanol–water partition coefficient (Wildman–Crippen LogP) is 8.43. The molecule has 7 rings (SSSR count). The molecule has 1 aliphatic heterocycles. The lowest BCUT2D eigenvalue weighted by Crippen LogP contribution is -2.49. The molecule has 0 radical (unpaired) electrons. The molecule has 1 aromatic carbocycles. The Balaban J connectivity index is 1.25. The average molecular weight is 618 g/mol. The Kier molecular flexibility index (Phi) is 7.12. The maximum Gasteiger partial charge on any atom is 0.429 e. The van der Waals surface area contributed by atoms with Gasteiger partial charge in [0.2, 0.25) is 0 Å². The van der Waals surface area contributed by atoms with Crippen LogP contribution < -0.4 is 0 Å². The average Bonchev–Trinajstić information content (AvgIpc) is 3.47. The quantitative estimate of drug-likeness (QED) is 0.339. The summed E-state index contributed by atoms with van der Waals surface area (Å²) in [4.78, 5) is 26.1. The summed E-state index contributed by atoms with van der Waals surface area (Å²) in [6.45, 7) is 8.54. The first-order valence-electron chi connectivity index (χ1n) is 16.9. The summed E-state index contributed by atoms with van der Waals surface area (Å²) < 4.78 is 35.0. The van der Waals surface area contributed by atoms with Gasteiger partial charge in [0, 0.05) is 5.92 Å². The highest BCUT2D eigenvalue weighted by Gasteiger charge is 2.59. The van der Waals surface area contributed by atoms with Gasteiger partial charge in [-0.2, -0.15) is 4.31 Å². The van der Waals surface area contributed by atoms with E-state index in [0.29, 0.717) is 42.1 Å². The van der Waals surface area contributed by atoms with E-state index in [2.05, 4.69) is 26.0 Å². The van der Waals surface area contributed by atoms with Gasteiger partial charge < -0.3 is 4.74 Å². The maximum absolute atomic E-state index is 14.0. The first kappa shape index (κ1) is 30.0. The fourth-order valence-corrected chi connectivity index (χ4v) is 12.0. The number of hydrogen-bond acceptors (Lipinski definition) is 5. The third-order valence-corrected chi connectivity index (χ3v) is 14.7. The summed E-state index contributed by atoms with van der Waals surface area (Å²) in [7, 11) is -4.13. The summed E-state index contributed by atoms with van der Waals surface area (Å²) in [6, 6.07) is 6.68. The Morgan fingerprint density at radius 2 is 1.70 bits per heavy atom. The highest BCUT2D eigenvalue weighted by molar-refractivity contribution is 7.89. The van der Waals surface area contributed by atoms with Crippen molar-refractivity contribution in [3.63, 3.8) is 0 Å². The summed E-state index contributed by atoms with van der Waals surface area (Å²) in [5, 5.41) is 0. The van der Waals surface area contributed by atoms with Gasteiger partial charge in [-0.15, -0.1) is 0 Å². The first-order chi connectivity index (χ1) is 20.9. The van der Waals surface area contributed by atoms with Crippen molar-refractivity contribution in [2.45, 2.75) is 115 Å². The van der Waals surface area contributed by atoms with Crippen LogP contribution in [0.5, 0.6) is 0 Å². The van der Waals surface area contributed by atoms with Crippen molar-refractivity contribution in [2.24, 2.45) is 34.5 Å². The number of carbonyl (C=O) groups is 2. The molecule has 0 bridgehead atoms. The van der Waals surface area contributed by atoms with Crippen molar-refractivity contribution in [3.05, 3.63) is 64.9 Å². The molecule has 1 amide bonds. The topological polar surface area (TPSA) is 80.8 Å². The number of sulfonamides is 1. The van der Waals surface area contributed by atoms with Gasteiger partial charge in [0.15, 0.2) is 5.60 Å². The van der Waals surface area contributed by atoms with Crippen LogP contribution >= 0.6 is 0 Å². The molecule has 7 heteroatoms. The van der Waals surface area contributed by atoms with Gasteiger partial charge in [0.05, 0.1) is 10.6 Å². The van der Waals surface area contributed by atoms with Crippen LogP contribution in [0.15, 0.2) is 64.2 Å². The van der Waals surface area contributed by atoms with Crippen LogP contribution in [0.25, 0.3) is 0 Å². The first-order valence-corrected chi connectivity index (χ1v) is 18.3. The summed E-state index contributed by atoms with van der Waals surface area (Å²) in [6.07, 6.45) is 17.4. The number of aryl methyl sites for hydroxylation is 1. The van der Waals surface area contributed by atoms with E-state index in [-0.39, 0.29) is 21.6 Å². The Bertz CT molecular complexity index is 1580. The van der Waals surface area contributed by atoms with Crippen LogP contribution in [-0.2, 0) is 19.6 Å². The molecule has 44 heavy (non-hydrogen) atoms. The fraction of sp³-hybridized carbons (Fsp3) is 0.622. The Morgan fingerprint density at radius 1 is 0.977 bits per heavy atom. The molecule has 1 spiro atoms. The van der Waals surface area contributed by atoms with E-state index in [4.69, 9.17) is 4.74 Å². The highest BCUT2D eigenvalue weighted by Crippen LogP contribution is 2.66. The number of ether oxygens (including phenoxy) is 1. The molecule has 4 fully saturated rings. The van der Waals surface area contributed by atoms with Gasteiger partial charge in [-0.1, -0.05) is 50.1 Å². The molecule has 1 saturated heterocycles. The number of fused-ring (bicyclic) bond motifs is 5. The molecule has 0 aromatic heterocycles. The van der Waals surface area contributed by atoms with E-state index < -0.39 is 21.7 Å². The Hall–Kier alpha value is -2.67. The van der Waals surface area contributed by atoms with Crippen LogP contribution in [0.2, 0.25) is 0 Å². The number of nitrogens with zero attached hydrogens (tertiary/aromatic N) is 1. The summed E-state index contributed by atoms with van der Waals surface area (Å²) in [5.74, 6) is 2.38. The Labute approximate surface area is 263 Å². The third kappa shape index (κ3) is 4.42. The van der Waals surface area contributed by atoms with Crippen molar-refractivity contribution in [1.29, 1.82) is 0 Å². The normalized spacial score (nSPS) is 37.1. The molecule has 0 N–H and O–H groups in total. The zero-order valence-corrected chi connectivity index (χ0v) is 27.5. The molecule has 1 aromatic rings. The molecular formula is C37H47NO5S. The van der Waals surface area contributed by atoms with Crippen molar-refractivity contribution >= 4 is 21.9 Å². The zero-order chi connectivity index (χ0) is 31.1. The van der Waals surface area contributed by atoms with Gasteiger partial charge in [-0.25, -0.2) is 13.2 Å². The van der Waals surface area contributed by atoms with E-state index in [1.54, 1.807) is 31.2 Å². The van der Waals surface area contributed by atoms with E-state index >= 15 is 0 Å². The Morgan fingerprint density at radius 3 is 2.41 bits per heavy atom. The van der Waals surface area contributed by atoms with E-state index in [1.165, 1.54) is 5.57 Å². The number of hydrogen-bond donors (Lipinski definition) is 0.